The molecule has 0 amide bonds. The van der Waals surface area contributed by atoms with Crippen LogP contribution in [0.4, 0.5) is 4.39 Å². The van der Waals surface area contributed by atoms with Gasteiger partial charge in [-0.15, -0.1) is 0 Å². The third kappa shape index (κ3) is 3.57. The first-order valence-corrected chi connectivity index (χ1v) is 8.67. The molecule has 1 saturated heterocycles. The van der Waals surface area contributed by atoms with Gasteiger partial charge in [-0.3, -0.25) is 4.90 Å². The Morgan fingerprint density at radius 1 is 1.15 bits per heavy atom. The van der Waals surface area contributed by atoms with Gasteiger partial charge < -0.3 is 13.9 Å². The van der Waals surface area contributed by atoms with E-state index >= 15 is 0 Å². The standard InChI is InChI=1S/C20H21FN2O3/c1-24-17-8-4-2-6-14(17)10-23-11-15(21)19(12-23)25-13-20-22-16-7-3-5-9-18(16)26-20/h2-9,15,19H,10-13H2,1H3/t15-,19+/m1/s1. The molecule has 136 valence electrons. The van der Waals surface area contributed by atoms with Gasteiger partial charge in [0.05, 0.1) is 7.11 Å². The average molecular weight is 356 g/mol. The molecule has 2 aromatic carbocycles. The molecule has 1 aromatic heterocycles. The molecule has 2 heterocycles. The zero-order valence-corrected chi connectivity index (χ0v) is 14.6. The van der Waals surface area contributed by atoms with E-state index in [1.165, 1.54) is 0 Å². The lowest BCUT2D eigenvalue weighted by Crippen LogP contribution is -2.24. The summed E-state index contributed by atoms with van der Waals surface area (Å²) in [6.45, 7) is 1.67. The SMILES string of the molecule is COc1ccccc1CN1C[C@@H](F)[C@@H](OCc2nc3ccccc3o2)C1. The number of nitrogens with zero attached hydrogens (tertiary/aromatic N) is 2. The summed E-state index contributed by atoms with van der Waals surface area (Å²) in [6.07, 6.45) is -1.52. The molecule has 0 aliphatic carbocycles. The molecule has 0 spiro atoms. The molecule has 2 atom stereocenters. The van der Waals surface area contributed by atoms with Gasteiger partial charge in [-0.05, 0) is 18.2 Å². The largest absolute Gasteiger partial charge is 0.496 e. The molecule has 1 fully saturated rings. The normalized spacial score (nSPS) is 20.7. The molecule has 0 unspecified atom stereocenters. The number of benzene rings is 2. The van der Waals surface area contributed by atoms with Crippen LogP contribution in [0.1, 0.15) is 11.5 Å². The second-order valence-electron chi connectivity index (χ2n) is 6.45. The number of para-hydroxylation sites is 3. The Hall–Kier alpha value is -2.44. The predicted octanol–water partition coefficient (Wildman–Crippen LogP) is 3.58. The van der Waals surface area contributed by atoms with Crippen LogP contribution in [0.15, 0.2) is 52.9 Å². The lowest BCUT2D eigenvalue weighted by atomic mass is 10.2. The Labute approximate surface area is 151 Å². The van der Waals surface area contributed by atoms with Gasteiger partial charge in [0.1, 0.15) is 30.1 Å². The van der Waals surface area contributed by atoms with Crippen molar-refractivity contribution in [3.8, 4) is 5.75 Å². The first-order valence-electron chi connectivity index (χ1n) is 8.67. The van der Waals surface area contributed by atoms with E-state index in [2.05, 4.69) is 4.98 Å². The summed E-state index contributed by atoms with van der Waals surface area (Å²) in [6, 6.07) is 15.3. The van der Waals surface area contributed by atoms with Crippen molar-refractivity contribution < 1.29 is 18.3 Å². The highest BCUT2D eigenvalue weighted by atomic mass is 19.1. The van der Waals surface area contributed by atoms with E-state index in [1.54, 1.807) is 7.11 Å². The number of oxazole rings is 1. The zero-order valence-electron chi connectivity index (χ0n) is 14.6. The topological polar surface area (TPSA) is 47.7 Å². The molecule has 0 radical (unpaired) electrons. The van der Waals surface area contributed by atoms with E-state index in [-0.39, 0.29) is 6.61 Å². The van der Waals surface area contributed by atoms with Gasteiger partial charge in [-0.1, -0.05) is 30.3 Å². The van der Waals surface area contributed by atoms with Crippen molar-refractivity contribution in [2.24, 2.45) is 0 Å². The maximum Gasteiger partial charge on any atom is 0.221 e. The van der Waals surface area contributed by atoms with Crippen LogP contribution in [0.2, 0.25) is 0 Å². The Kier molecular flexibility index (Phi) is 4.86. The second-order valence-corrected chi connectivity index (χ2v) is 6.45. The zero-order chi connectivity index (χ0) is 17.9. The number of methoxy groups -OCH3 is 1. The van der Waals surface area contributed by atoms with Crippen molar-refractivity contribution in [2.75, 3.05) is 20.2 Å². The minimum absolute atomic E-state index is 0.169. The average Bonchev–Trinajstić information content (AvgIpc) is 3.23. The molecule has 4 rings (SSSR count). The predicted molar refractivity (Wildman–Crippen MR) is 95.8 cm³/mol. The van der Waals surface area contributed by atoms with Crippen molar-refractivity contribution in [3.63, 3.8) is 0 Å². The van der Waals surface area contributed by atoms with E-state index in [9.17, 15) is 4.39 Å². The number of alkyl halides is 1. The number of likely N-dealkylation sites (tertiary alicyclic amines) is 1. The summed E-state index contributed by atoms with van der Waals surface area (Å²) in [4.78, 5) is 6.40. The fourth-order valence-corrected chi connectivity index (χ4v) is 3.33. The van der Waals surface area contributed by atoms with Crippen LogP contribution >= 0.6 is 0 Å². The van der Waals surface area contributed by atoms with E-state index in [1.807, 2.05) is 53.4 Å². The fraction of sp³-hybridized carbons (Fsp3) is 0.350. The van der Waals surface area contributed by atoms with Crippen molar-refractivity contribution >= 4 is 11.1 Å². The summed E-state index contributed by atoms with van der Waals surface area (Å²) in [5.41, 5.74) is 2.54. The summed E-state index contributed by atoms with van der Waals surface area (Å²) in [5.74, 6) is 1.29. The Morgan fingerprint density at radius 2 is 1.96 bits per heavy atom. The van der Waals surface area contributed by atoms with Crippen molar-refractivity contribution in [3.05, 3.63) is 60.0 Å². The Bertz CT molecular complexity index is 849. The smallest absolute Gasteiger partial charge is 0.221 e. The molecule has 1 aliphatic rings. The highest BCUT2D eigenvalue weighted by Gasteiger charge is 2.34. The fourth-order valence-electron chi connectivity index (χ4n) is 3.33. The van der Waals surface area contributed by atoms with Gasteiger partial charge in [0, 0.05) is 25.2 Å². The van der Waals surface area contributed by atoms with E-state index in [0.717, 1.165) is 16.8 Å². The molecule has 1 aliphatic heterocycles. The van der Waals surface area contributed by atoms with Crippen LogP contribution in [0, 0.1) is 0 Å². The summed E-state index contributed by atoms with van der Waals surface area (Å²) < 4.78 is 31.1. The number of hydrogen-bond donors (Lipinski definition) is 0. The quantitative estimate of drug-likeness (QED) is 0.676. The van der Waals surface area contributed by atoms with Crippen molar-refractivity contribution in [2.45, 2.75) is 25.4 Å². The summed E-state index contributed by atoms with van der Waals surface area (Å²) in [5, 5.41) is 0. The molecule has 26 heavy (non-hydrogen) atoms. The molecular weight excluding hydrogens is 335 g/mol. The van der Waals surface area contributed by atoms with Gasteiger partial charge in [-0.25, -0.2) is 9.37 Å². The lowest BCUT2D eigenvalue weighted by Gasteiger charge is -2.17. The lowest BCUT2D eigenvalue weighted by molar-refractivity contribution is 0.00238. The molecular formula is C20H21FN2O3. The van der Waals surface area contributed by atoms with Gasteiger partial charge in [0.2, 0.25) is 5.89 Å². The van der Waals surface area contributed by atoms with Crippen LogP contribution < -0.4 is 4.74 Å². The third-order valence-corrected chi connectivity index (χ3v) is 4.62. The number of rotatable bonds is 6. The minimum atomic E-state index is -1.03. The molecule has 5 nitrogen and oxygen atoms in total. The van der Waals surface area contributed by atoms with E-state index in [0.29, 0.717) is 31.1 Å². The highest BCUT2D eigenvalue weighted by Crippen LogP contribution is 2.25. The monoisotopic (exact) mass is 356 g/mol. The molecule has 3 aromatic rings. The van der Waals surface area contributed by atoms with Crippen molar-refractivity contribution in [1.82, 2.24) is 9.88 Å². The van der Waals surface area contributed by atoms with Crippen LogP contribution in [0.3, 0.4) is 0 Å². The summed E-state index contributed by atoms with van der Waals surface area (Å²) >= 11 is 0. The number of halogens is 1. The van der Waals surface area contributed by atoms with Crippen molar-refractivity contribution in [1.29, 1.82) is 0 Å². The molecule has 6 heteroatoms. The van der Waals surface area contributed by atoms with Crippen LogP contribution in [-0.2, 0) is 17.9 Å². The minimum Gasteiger partial charge on any atom is -0.496 e. The molecule has 0 bridgehead atoms. The van der Waals surface area contributed by atoms with E-state index < -0.39 is 12.3 Å². The molecule has 0 N–H and O–H groups in total. The van der Waals surface area contributed by atoms with Gasteiger partial charge in [0.15, 0.2) is 5.58 Å². The van der Waals surface area contributed by atoms with E-state index in [4.69, 9.17) is 13.9 Å². The number of aromatic nitrogens is 1. The maximum atomic E-state index is 14.4. The number of hydrogen-bond acceptors (Lipinski definition) is 5. The third-order valence-electron chi connectivity index (χ3n) is 4.62. The van der Waals surface area contributed by atoms with Crippen LogP contribution in [0.5, 0.6) is 5.75 Å². The van der Waals surface area contributed by atoms with Gasteiger partial charge >= 0.3 is 0 Å². The van der Waals surface area contributed by atoms with Gasteiger partial charge in [0.25, 0.3) is 0 Å². The van der Waals surface area contributed by atoms with Crippen LogP contribution in [0.25, 0.3) is 11.1 Å². The number of fused-ring (bicyclic) bond motifs is 1. The number of ether oxygens (including phenoxy) is 2. The maximum absolute atomic E-state index is 14.4. The van der Waals surface area contributed by atoms with Gasteiger partial charge in [-0.2, -0.15) is 0 Å². The summed E-state index contributed by atoms with van der Waals surface area (Å²) in [7, 11) is 1.65. The van der Waals surface area contributed by atoms with Crippen LogP contribution in [-0.4, -0.2) is 42.4 Å². The molecule has 0 saturated carbocycles. The Balaban J connectivity index is 1.36. The second kappa shape index (κ2) is 7.43. The Morgan fingerprint density at radius 3 is 2.81 bits per heavy atom. The highest BCUT2D eigenvalue weighted by molar-refractivity contribution is 5.72. The first kappa shape index (κ1) is 17.0. The first-order chi connectivity index (χ1) is 12.7.